The Morgan fingerprint density at radius 3 is 2.16 bits per heavy atom. The normalized spacial score (nSPS) is 12.0. The van der Waals surface area contributed by atoms with Gasteiger partial charge in [-0.25, -0.2) is 0 Å². The molecule has 166 valence electrons. The second-order valence-corrected chi connectivity index (χ2v) is 7.21. The minimum absolute atomic E-state index is 0.132. The summed E-state index contributed by atoms with van der Waals surface area (Å²) < 4.78 is 44.8. The Labute approximate surface area is 187 Å². The summed E-state index contributed by atoms with van der Waals surface area (Å²) in [7, 11) is 0. The number of alkyl halides is 3. The van der Waals surface area contributed by atoms with Gasteiger partial charge < -0.3 is 15.4 Å². The molecule has 1 unspecified atom stereocenters. The van der Waals surface area contributed by atoms with Gasteiger partial charge in [0.2, 0.25) is 0 Å². The van der Waals surface area contributed by atoms with Gasteiger partial charge in [-0.05, 0) is 67.6 Å². The average Bonchev–Trinajstić information content (AvgIpc) is 2.75. The molecule has 5 nitrogen and oxygen atoms in total. The van der Waals surface area contributed by atoms with E-state index in [4.69, 9.17) is 16.3 Å². The molecule has 3 aromatic rings. The van der Waals surface area contributed by atoms with Crippen LogP contribution in [0, 0.1) is 0 Å². The van der Waals surface area contributed by atoms with E-state index in [-0.39, 0.29) is 11.3 Å². The second kappa shape index (κ2) is 9.74. The molecule has 2 amide bonds. The van der Waals surface area contributed by atoms with Crippen molar-refractivity contribution < 1.29 is 27.5 Å². The van der Waals surface area contributed by atoms with Crippen LogP contribution in [0.4, 0.5) is 24.5 Å². The molecule has 0 radical (unpaired) electrons. The molecule has 1 atom stereocenters. The maximum absolute atomic E-state index is 13.1. The molecular weight excluding hydrogens is 445 g/mol. The summed E-state index contributed by atoms with van der Waals surface area (Å²) in [6, 6.07) is 17.0. The molecule has 0 heterocycles. The van der Waals surface area contributed by atoms with Crippen LogP contribution in [-0.2, 0) is 11.0 Å². The van der Waals surface area contributed by atoms with Gasteiger partial charge in [-0.15, -0.1) is 0 Å². The number of hydrogen-bond acceptors (Lipinski definition) is 3. The maximum Gasteiger partial charge on any atom is 0.418 e. The number of hydrogen-bond donors (Lipinski definition) is 2. The third-order valence-corrected chi connectivity index (χ3v) is 4.64. The lowest BCUT2D eigenvalue weighted by atomic mass is 10.1. The van der Waals surface area contributed by atoms with Crippen molar-refractivity contribution in [2.45, 2.75) is 19.2 Å². The minimum Gasteiger partial charge on any atom is -0.481 e. The number of benzene rings is 3. The van der Waals surface area contributed by atoms with Crippen LogP contribution in [0.3, 0.4) is 0 Å². The van der Waals surface area contributed by atoms with Crippen LogP contribution in [0.5, 0.6) is 5.75 Å². The Morgan fingerprint density at radius 2 is 1.53 bits per heavy atom. The van der Waals surface area contributed by atoms with Crippen LogP contribution in [-0.4, -0.2) is 17.9 Å². The molecule has 3 rings (SSSR count). The SMILES string of the molecule is CC(Oc1ccc(C(=O)Nc2ccccc2C(F)(F)F)cc1)C(=O)Nc1ccc(Cl)cc1. The molecule has 0 bridgehead atoms. The summed E-state index contributed by atoms with van der Waals surface area (Å²) in [6.07, 6.45) is -5.44. The number of rotatable bonds is 6. The van der Waals surface area contributed by atoms with E-state index in [2.05, 4.69) is 10.6 Å². The topological polar surface area (TPSA) is 67.4 Å². The van der Waals surface area contributed by atoms with Gasteiger partial charge in [-0.2, -0.15) is 13.2 Å². The van der Waals surface area contributed by atoms with E-state index in [1.165, 1.54) is 42.5 Å². The zero-order valence-corrected chi connectivity index (χ0v) is 17.5. The van der Waals surface area contributed by atoms with Crippen LogP contribution >= 0.6 is 11.6 Å². The predicted octanol–water partition coefficient (Wildman–Crippen LogP) is 6.02. The zero-order chi connectivity index (χ0) is 23.3. The highest BCUT2D eigenvalue weighted by molar-refractivity contribution is 6.30. The number of anilines is 2. The zero-order valence-electron chi connectivity index (χ0n) is 16.7. The van der Waals surface area contributed by atoms with Crippen LogP contribution in [0.25, 0.3) is 0 Å². The van der Waals surface area contributed by atoms with Gasteiger partial charge in [0.15, 0.2) is 6.10 Å². The van der Waals surface area contributed by atoms with Gasteiger partial charge >= 0.3 is 6.18 Å². The molecule has 0 aliphatic carbocycles. The van der Waals surface area contributed by atoms with Crippen molar-refractivity contribution in [2.75, 3.05) is 10.6 Å². The number of halogens is 4. The first kappa shape index (κ1) is 23.1. The molecule has 0 fully saturated rings. The molecule has 2 N–H and O–H groups in total. The monoisotopic (exact) mass is 462 g/mol. The van der Waals surface area contributed by atoms with Crippen LogP contribution in [0.15, 0.2) is 72.8 Å². The summed E-state index contributed by atoms with van der Waals surface area (Å²) in [6.45, 7) is 1.56. The molecule has 0 spiro atoms. The van der Waals surface area contributed by atoms with Gasteiger partial charge in [0.25, 0.3) is 11.8 Å². The lowest BCUT2D eigenvalue weighted by molar-refractivity contribution is -0.136. The first-order valence-corrected chi connectivity index (χ1v) is 9.82. The Morgan fingerprint density at radius 1 is 0.906 bits per heavy atom. The molecular formula is C23H18ClF3N2O3. The van der Waals surface area contributed by atoms with Gasteiger partial charge in [-0.3, -0.25) is 9.59 Å². The standard InChI is InChI=1S/C23H18ClF3N2O3/c1-14(21(30)28-17-10-8-16(24)9-11-17)32-18-12-6-15(7-13-18)22(31)29-20-5-3-2-4-19(20)23(25,26)27/h2-14H,1H3,(H,28,30)(H,29,31). The van der Waals surface area contributed by atoms with Gasteiger partial charge in [-0.1, -0.05) is 23.7 Å². The van der Waals surface area contributed by atoms with Crippen molar-refractivity contribution in [1.29, 1.82) is 0 Å². The minimum atomic E-state index is -4.59. The van der Waals surface area contributed by atoms with Crippen LogP contribution in [0.1, 0.15) is 22.8 Å². The van der Waals surface area contributed by atoms with Gasteiger partial charge in [0.05, 0.1) is 11.3 Å². The summed E-state index contributed by atoms with van der Waals surface area (Å²) in [4.78, 5) is 24.6. The van der Waals surface area contributed by atoms with Gasteiger partial charge in [0, 0.05) is 16.3 Å². The van der Waals surface area contributed by atoms with Crippen molar-refractivity contribution in [1.82, 2.24) is 0 Å². The Kier molecular flexibility index (Phi) is 7.05. The average molecular weight is 463 g/mol. The van der Waals surface area contributed by atoms with E-state index in [1.807, 2.05) is 0 Å². The number of ether oxygens (including phenoxy) is 1. The molecule has 0 saturated carbocycles. The smallest absolute Gasteiger partial charge is 0.418 e. The van der Waals surface area contributed by atoms with Crippen molar-refractivity contribution in [3.05, 3.63) is 88.9 Å². The summed E-state index contributed by atoms with van der Waals surface area (Å²) >= 11 is 5.81. The fourth-order valence-electron chi connectivity index (χ4n) is 2.75. The molecule has 0 aromatic heterocycles. The number of nitrogens with one attached hydrogen (secondary N) is 2. The number of amides is 2. The molecule has 0 aliphatic heterocycles. The Bertz CT molecular complexity index is 1100. The fraction of sp³-hybridized carbons (Fsp3) is 0.130. The van der Waals surface area contributed by atoms with Crippen molar-refractivity contribution in [3.63, 3.8) is 0 Å². The first-order chi connectivity index (χ1) is 15.1. The lowest BCUT2D eigenvalue weighted by Gasteiger charge is -2.15. The highest BCUT2D eigenvalue weighted by Crippen LogP contribution is 2.34. The summed E-state index contributed by atoms with van der Waals surface area (Å²) in [5, 5.41) is 5.49. The summed E-state index contributed by atoms with van der Waals surface area (Å²) in [5.74, 6) is -0.782. The van der Waals surface area contributed by atoms with E-state index >= 15 is 0 Å². The van der Waals surface area contributed by atoms with Crippen molar-refractivity contribution in [2.24, 2.45) is 0 Å². The second-order valence-electron chi connectivity index (χ2n) is 6.78. The molecule has 3 aromatic carbocycles. The fourth-order valence-corrected chi connectivity index (χ4v) is 2.88. The van der Waals surface area contributed by atoms with Gasteiger partial charge in [0.1, 0.15) is 5.75 Å². The van der Waals surface area contributed by atoms with E-state index in [0.29, 0.717) is 16.5 Å². The first-order valence-electron chi connectivity index (χ1n) is 9.44. The molecule has 0 aliphatic rings. The summed E-state index contributed by atoms with van der Waals surface area (Å²) in [5.41, 5.74) is -0.583. The Balaban J connectivity index is 1.62. The quantitative estimate of drug-likeness (QED) is 0.471. The highest BCUT2D eigenvalue weighted by Gasteiger charge is 2.33. The van der Waals surface area contributed by atoms with Crippen LogP contribution in [0.2, 0.25) is 5.02 Å². The third-order valence-electron chi connectivity index (χ3n) is 4.39. The Hall–Kier alpha value is -3.52. The molecule has 9 heteroatoms. The van der Waals surface area contributed by atoms with E-state index in [9.17, 15) is 22.8 Å². The number of carbonyl (C=O) groups excluding carboxylic acids is 2. The van der Waals surface area contributed by atoms with E-state index < -0.39 is 29.7 Å². The highest BCUT2D eigenvalue weighted by atomic mass is 35.5. The predicted molar refractivity (Wildman–Crippen MR) is 116 cm³/mol. The van der Waals surface area contributed by atoms with Crippen molar-refractivity contribution in [3.8, 4) is 5.75 Å². The largest absolute Gasteiger partial charge is 0.481 e. The molecule has 32 heavy (non-hydrogen) atoms. The maximum atomic E-state index is 13.1. The van der Waals surface area contributed by atoms with Crippen LogP contribution < -0.4 is 15.4 Å². The third kappa shape index (κ3) is 6.01. The van der Waals surface area contributed by atoms with E-state index in [1.54, 1.807) is 31.2 Å². The lowest BCUT2D eigenvalue weighted by Crippen LogP contribution is -2.30. The molecule has 0 saturated heterocycles. The van der Waals surface area contributed by atoms with E-state index in [0.717, 1.165) is 6.07 Å². The number of para-hydroxylation sites is 1. The number of carbonyl (C=O) groups is 2. The van der Waals surface area contributed by atoms with Crippen molar-refractivity contribution >= 4 is 34.8 Å².